The molecule has 0 aliphatic heterocycles. The first-order valence-corrected chi connectivity index (χ1v) is 9.11. The number of anilines is 2. The molecule has 8 nitrogen and oxygen atoms in total. The molecule has 26 heavy (non-hydrogen) atoms. The zero-order valence-electron chi connectivity index (χ0n) is 13.8. The number of carbonyl (C=O) groups is 1. The Hall–Kier alpha value is -2.62. The molecule has 0 aromatic heterocycles. The van der Waals surface area contributed by atoms with Crippen molar-refractivity contribution < 1.29 is 22.9 Å². The molecule has 0 radical (unpaired) electrons. The molecular formula is C16H16ClN3O5S. The van der Waals surface area contributed by atoms with Gasteiger partial charge < -0.3 is 5.11 Å². The summed E-state index contributed by atoms with van der Waals surface area (Å²) >= 11 is 5.93. The fraction of sp³-hybridized carbons (Fsp3) is 0.125. The van der Waals surface area contributed by atoms with Gasteiger partial charge in [0.25, 0.3) is 10.1 Å². The lowest BCUT2D eigenvalue weighted by molar-refractivity contribution is 0.0697. The van der Waals surface area contributed by atoms with Gasteiger partial charge in [0.15, 0.2) is 0 Å². The molecule has 10 heteroatoms. The molecule has 0 aliphatic carbocycles. The van der Waals surface area contributed by atoms with E-state index in [1.807, 2.05) is 6.92 Å². The van der Waals surface area contributed by atoms with E-state index in [-0.39, 0.29) is 11.3 Å². The van der Waals surface area contributed by atoms with Crippen LogP contribution in [0.2, 0.25) is 5.02 Å². The quantitative estimate of drug-likeness (QED) is 0.388. The molecule has 2 rings (SSSR count). The molecule has 2 aromatic carbocycles. The number of aryl methyl sites for hydroxylation is 1. The van der Waals surface area contributed by atoms with E-state index in [1.54, 1.807) is 25.1 Å². The largest absolute Gasteiger partial charge is 0.478 e. The van der Waals surface area contributed by atoms with Crippen molar-refractivity contribution in [3.63, 3.8) is 0 Å². The molecule has 3 N–H and O–H groups in total. The molecular weight excluding hydrogens is 382 g/mol. The molecule has 0 atom stereocenters. The van der Waals surface area contributed by atoms with Crippen molar-refractivity contribution in [2.24, 2.45) is 5.10 Å². The molecule has 138 valence electrons. The van der Waals surface area contributed by atoms with E-state index in [0.29, 0.717) is 10.7 Å². The number of hydrazone groups is 1. The van der Waals surface area contributed by atoms with E-state index in [2.05, 4.69) is 10.5 Å². The number of carboxylic acids is 1. The van der Waals surface area contributed by atoms with E-state index in [1.165, 1.54) is 17.4 Å². The average Bonchev–Trinajstić information content (AvgIpc) is 2.55. The van der Waals surface area contributed by atoms with Gasteiger partial charge in [0.1, 0.15) is 0 Å². The van der Waals surface area contributed by atoms with E-state index in [4.69, 9.17) is 16.2 Å². The smallest absolute Gasteiger partial charge is 0.338 e. The maximum Gasteiger partial charge on any atom is 0.338 e. The Morgan fingerprint density at radius 3 is 2.50 bits per heavy atom. The first kappa shape index (κ1) is 19.7. The maximum absolute atomic E-state index is 11.6. The van der Waals surface area contributed by atoms with Crippen molar-refractivity contribution in [2.45, 2.75) is 18.7 Å². The number of aromatic carboxylic acids is 1. The highest BCUT2D eigenvalue weighted by molar-refractivity contribution is 7.85. The van der Waals surface area contributed by atoms with Gasteiger partial charge in [0.05, 0.1) is 21.8 Å². The van der Waals surface area contributed by atoms with Crippen molar-refractivity contribution >= 4 is 45.3 Å². The van der Waals surface area contributed by atoms with Crippen LogP contribution in [-0.2, 0) is 10.1 Å². The minimum atomic E-state index is -4.54. The molecule has 0 bridgehead atoms. The van der Waals surface area contributed by atoms with Gasteiger partial charge in [0.2, 0.25) is 0 Å². The Morgan fingerprint density at radius 2 is 1.96 bits per heavy atom. The Morgan fingerprint density at radius 1 is 1.27 bits per heavy atom. The van der Waals surface area contributed by atoms with Crippen LogP contribution < -0.4 is 10.5 Å². The third-order valence-electron chi connectivity index (χ3n) is 3.37. The molecule has 0 fully saturated rings. The predicted molar refractivity (Wildman–Crippen MR) is 99.7 cm³/mol. The number of carboxylic acid groups (broad SMARTS) is 1. The van der Waals surface area contributed by atoms with E-state index in [0.717, 1.165) is 17.7 Å². The number of benzene rings is 2. The van der Waals surface area contributed by atoms with Crippen molar-refractivity contribution in [3.8, 4) is 0 Å². The summed E-state index contributed by atoms with van der Waals surface area (Å²) in [4.78, 5) is 11.0. The standard InChI is InChI=1S/C16H16ClN3O5S/c1-3-18-20(19-14-6-4-11(17)8-10(14)2)15-7-5-12(26(23,24)25)9-13(15)16(21)22/h3-9,19H,1-2H3,(H,21,22)(H,23,24,25)/b18-3-. The number of nitrogens with one attached hydrogen (secondary N) is 1. The number of rotatable bonds is 6. The van der Waals surface area contributed by atoms with Gasteiger partial charge in [-0.1, -0.05) is 11.6 Å². The second-order valence-corrected chi connectivity index (χ2v) is 7.07. The minimum absolute atomic E-state index is 0.0809. The van der Waals surface area contributed by atoms with Gasteiger partial charge in [-0.25, -0.2) is 4.79 Å². The van der Waals surface area contributed by atoms with Crippen LogP contribution in [-0.4, -0.2) is 30.3 Å². The van der Waals surface area contributed by atoms with Crippen LogP contribution in [0.1, 0.15) is 22.8 Å². The number of nitrogens with zero attached hydrogens (tertiary/aromatic N) is 2. The van der Waals surface area contributed by atoms with Crippen molar-refractivity contribution in [1.29, 1.82) is 0 Å². The van der Waals surface area contributed by atoms with Gasteiger partial charge >= 0.3 is 5.97 Å². The van der Waals surface area contributed by atoms with Crippen LogP contribution in [0.3, 0.4) is 0 Å². The summed E-state index contributed by atoms with van der Waals surface area (Å²) in [5.41, 5.74) is 4.08. The fourth-order valence-electron chi connectivity index (χ4n) is 2.16. The van der Waals surface area contributed by atoms with Crippen LogP contribution in [0.4, 0.5) is 11.4 Å². The third kappa shape index (κ3) is 4.51. The second-order valence-electron chi connectivity index (χ2n) is 5.22. The van der Waals surface area contributed by atoms with E-state index in [9.17, 15) is 18.3 Å². The molecule has 2 aromatic rings. The zero-order chi connectivity index (χ0) is 19.5. The molecule has 0 saturated heterocycles. The summed E-state index contributed by atoms with van der Waals surface area (Å²) in [6, 6.07) is 8.26. The summed E-state index contributed by atoms with van der Waals surface area (Å²) in [5, 5.41) is 15.2. The van der Waals surface area contributed by atoms with Gasteiger partial charge in [-0.3, -0.25) is 9.98 Å². The number of hydrogen-bond acceptors (Lipinski definition) is 6. The van der Waals surface area contributed by atoms with Gasteiger partial charge in [-0.15, -0.1) is 0 Å². The SMILES string of the molecule is C/C=N\N(Nc1ccc(Cl)cc1C)c1ccc(S(=O)(=O)O)cc1C(=O)O. The van der Waals surface area contributed by atoms with Crippen molar-refractivity contribution in [3.05, 3.63) is 52.5 Å². The summed E-state index contributed by atoms with van der Waals surface area (Å²) < 4.78 is 31.7. The molecule has 0 amide bonds. The van der Waals surface area contributed by atoms with Gasteiger partial charge in [-0.2, -0.15) is 18.6 Å². The number of hydrogen-bond donors (Lipinski definition) is 3. The third-order valence-corrected chi connectivity index (χ3v) is 4.45. The van der Waals surface area contributed by atoms with Crippen LogP contribution in [0.5, 0.6) is 0 Å². The number of hydrazine groups is 1. The highest BCUT2D eigenvalue weighted by atomic mass is 35.5. The van der Waals surface area contributed by atoms with Crippen LogP contribution in [0, 0.1) is 6.92 Å². The minimum Gasteiger partial charge on any atom is -0.478 e. The average molecular weight is 398 g/mol. The van der Waals surface area contributed by atoms with E-state index >= 15 is 0 Å². The first-order valence-electron chi connectivity index (χ1n) is 7.30. The molecule has 0 heterocycles. The summed E-state index contributed by atoms with van der Waals surface area (Å²) in [6.07, 6.45) is 1.43. The Kier molecular flexibility index (Phi) is 5.86. The topological polar surface area (TPSA) is 119 Å². The highest BCUT2D eigenvalue weighted by Gasteiger charge is 2.21. The summed E-state index contributed by atoms with van der Waals surface area (Å²) in [7, 11) is -4.54. The number of halogens is 1. The lowest BCUT2D eigenvalue weighted by atomic mass is 10.2. The Bertz CT molecular complexity index is 976. The molecule has 0 spiro atoms. The van der Waals surface area contributed by atoms with E-state index < -0.39 is 21.0 Å². The lowest BCUT2D eigenvalue weighted by Gasteiger charge is -2.23. The molecule has 0 unspecified atom stereocenters. The monoisotopic (exact) mass is 397 g/mol. The summed E-state index contributed by atoms with van der Waals surface area (Å²) in [5.74, 6) is -1.38. The highest BCUT2D eigenvalue weighted by Crippen LogP contribution is 2.27. The second kappa shape index (κ2) is 7.73. The lowest BCUT2D eigenvalue weighted by Crippen LogP contribution is -2.26. The van der Waals surface area contributed by atoms with Crippen molar-refractivity contribution in [2.75, 3.05) is 10.5 Å². The maximum atomic E-state index is 11.6. The van der Waals surface area contributed by atoms with Gasteiger partial charge in [0, 0.05) is 11.2 Å². The summed E-state index contributed by atoms with van der Waals surface area (Å²) in [6.45, 7) is 3.44. The zero-order valence-corrected chi connectivity index (χ0v) is 15.4. The normalized spacial score (nSPS) is 11.5. The van der Waals surface area contributed by atoms with Crippen molar-refractivity contribution in [1.82, 2.24) is 0 Å². The molecule has 0 aliphatic rings. The fourth-order valence-corrected chi connectivity index (χ4v) is 2.90. The predicted octanol–water partition coefficient (Wildman–Crippen LogP) is 3.43. The van der Waals surface area contributed by atoms with Crippen LogP contribution >= 0.6 is 11.6 Å². The molecule has 0 saturated carbocycles. The first-order chi connectivity index (χ1) is 12.1. The van der Waals surface area contributed by atoms with Gasteiger partial charge in [-0.05, 0) is 55.8 Å². The van der Waals surface area contributed by atoms with Crippen LogP contribution in [0.25, 0.3) is 0 Å². The Balaban J connectivity index is 2.54. The van der Waals surface area contributed by atoms with Crippen LogP contribution in [0.15, 0.2) is 46.4 Å². The Labute approximate surface area is 155 Å².